The van der Waals surface area contributed by atoms with Crippen LogP contribution in [0.2, 0.25) is 5.02 Å². The minimum atomic E-state index is -1.29. The molecule has 0 bridgehead atoms. The number of likely N-dealkylation sites (tertiary alicyclic amines) is 1. The lowest BCUT2D eigenvalue weighted by molar-refractivity contribution is -0.0712. The van der Waals surface area contributed by atoms with Crippen LogP contribution in [0.3, 0.4) is 0 Å². The van der Waals surface area contributed by atoms with Crippen LogP contribution in [0.5, 0.6) is 11.5 Å². The molecule has 2 aromatic carbocycles. The molecule has 1 unspecified atom stereocenters. The number of para-hydroxylation sites is 1. The van der Waals surface area contributed by atoms with Gasteiger partial charge in [-0.25, -0.2) is 14.2 Å². The minimum absolute atomic E-state index is 0.0714. The van der Waals surface area contributed by atoms with Crippen molar-refractivity contribution in [3.63, 3.8) is 0 Å². The standard InChI is InChI=1S/C32H35ClFN5O5/c1-5-42-31(40)26-16-25-30(37-36-26)39(17-19(2)41-4)28(35-25)18-38-13-11-20(12-14-38)22-7-6-8-27-29(22)44-32(3,43-27)23-10-9-21(33)15-24(23)34/h6-10,15-16,19-20H,5,11-14,17-18H2,1-4H3/t19?,32-/m0/s1. The summed E-state index contributed by atoms with van der Waals surface area (Å²) >= 11 is 5.97. The Balaban J connectivity index is 1.18. The van der Waals surface area contributed by atoms with E-state index in [0.29, 0.717) is 46.3 Å². The van der Waals surface area contributed by atoms with Crippen molar-refractivity contribution in [2.75, 3.05) is 26.8 Å². The van der Waals surface area contributed by atoms with Crippen molar-refractivity contribution in [3.8, 4) is 11.5 Å². The number of rotatable bonds is 9. The van der Waals surface area contributed by atoms with Crippen molar-refractivity contribution in [1.82, 2.24) is 24.6 Å². The van der Waals surface area contributed by atoms with Crippen LogP contribution in [0.1, 0.15) is 67.0 Å². The van der Waals surface area contributed by atoms with E-state index in [1.165, 1.54) is 6.07 Å². The second-order valence-corrected chi connectivity index (χ2v) is 11.8. The van der Waals surface area contributed by atoms with Crippen LogP contribution in [0.4, 0.5) is 4.39 Å². The molecule has 0 saturated carbocycles. The fourth-order valence-electron chi connectivity index (χ4n) is 5.96. The smallest absolute Gasteiger partial charge is 0.358 e. The fourth-order valence-corrected chi connectivity index (χ4v) is 6.12. The summed E-state index contributed by atoms with van der Waals surface area (Å²) in [5, 5.41) is 8.75. The van der Waals surface area contributed by atoms with Crippen LogP contribution >= 0.6 is 11.6 Å². The van der Waals surface area contributed by atoms with Gasteiger partial charge in [-0.1, -0.05) is 23.7 Å². The summed E-state index contributed by atoms with van der Waals surface area (Å²) in [6.07, 6.45) is 1.72. The molecule has 2 atom stereocenters. The lowest BCUT2D eigenvalue weighted by atomic mass is 9.88. The van der Waals surface area contributed by atoms with Crippen molar-refractivity contribution in [2.45, 2.75) is 64.5 Å². The zero-order valence-corrected chi connectivity index (χ0v) is 25.9. The molecule has 12 heteroatoms. The van der Waals surface area contributed by atoms with Gasteiger partial charge >= 0.3 is 5.97 Å². The fraction of sp³-hybridized carbons (Fsp3) is 0.438. The Morgan fingerprint density at radius 2 is 1.98 bits per heavy atom. The molecule has 44 heavy (non-hydrogen) atoms. The van der Waals surface area contributed by atoms with E-state index in [2.05, 4.69) is 21.2 Å². The summed E-state index contributed by atoms with van der Waals surface area (Å²) in [4.78, 5) is 19.5. The predicted molar refractivity (Wildman–Crippen MR) is 161 cm³/mol. The van der Waals surface area contributed by atoms with E-state index in [4.69, 9.17) is 35.5 Å². The highest BCUT2D eigenvalue weighted by atomic mass is 35.5. The number of hydrogen-bond acceptors (Lipinski definition) is 9. The third-order valence-electron chi connectivity index (χ3n) is 8.32. The Bertz CT molecular complexity index is 1690. The Morgan fingerprint density at radius 1 is 1.18 bits per heavy atom. The molecule has 2 aromatic heterocycles. The molecular weight excluding hydrogens is 589 g/mol. The lowest BCUT2D eigenvalue weighted by Crippen LogP contribution is -2.34. The molecule has 6 rings (SSSR count). The molecule has 4 aromatic rings. The topological polar surface area (TPSA) is 101 Å². The van der Waals surface area contributed by atoms with Crippen molar-refractivity contribution in [2.24, 2.45) is 0 Å². The summed E-state index contributed by atoms with van der Waals surface area (Å²) in [6.45, 7) is 8.53. The second-order valence-electron chi connectivity index (χ2n) is 11.3. The molecule has 4 heterocycles. The van der Waals surface area contributed by atoms with Gasteiger partial charge in [-0.3, -0.25) is 4.90 Å². The van der Waals surface area contributed by atoms with Gasteiger partial charge in [0.1, 0.15) is 17.2 Å². The van der Waals surface area contributed by atoms with Gasteiger partial charge in [0.05, 0.1) is 31.4 Å². The average Bonchev–Trinajstić information content (AvgIpc) is 3.53. The number of fused-ring (bicyclic) bond motifs is 2. The first-order valence-corrected chi connectivity index (χ1v) is 15.2. The SMILES string of the molecule is CCOC(=O)c1cc2nc(CN3CCC(c4cccc5c4O[C@@](C)(c4ccc(Cl)cc4F)O5)CC3)n(CC(C)OC)c2nn1. The van der Waals surface area contributed by atoms with Crippen molar-refractivity contribution < 1.29 is 28.1 Å². The summed E-state index contributed by atoms with van der Waals surface area (Å²) in [5.74, 6) is 0.0494. The van der Waals surface area contributed by atoms with Gasteiger partial charge in [0.2, 0.25) is 0 Å². The van der Waals surface area contributed by atoms with E-state index in [-0.39, 0.29) is 24.3 Å². The largest absolute Gasteiger partial charge is 0.461 e. The van der Waals surface area contributed by atoms with Crippen molar-refractivity contribution in [1.29, 1.82) is 0 Å². The minimum Gasteiger partial charge on any atom is -0.461 e. The summed E-state index contributed by atoms with van der Waals surface area (Å²) in [5.41, 5.74) is 2.68. The average molecular weight is 624 g/mol. The van der Waals surface area contributed by atoms with Gasteiger partial charge in [0, 0.05) is 30.7 Å². The van der Waals surface area contributed by atoms with Crippen LogP contribution in [0.15, 0.2) is 42.5 Å². The van der Waals surface area contributed by atoms with Gasteiger partial charge in [-0.15, -0.1) is 10.2 Å². The molecule has 0 amide bonds. The number of imidazole rings is 1. The number of halogens is 2. The normalized spacial score (nSPS) is 19.4. The molecule has 1 saturated heterocycles. The number of nitrogens with zero attached hydrogens (tertiary/aromatic N) is 5. The number of hydrogen-bond donors (Lipinski definition) is 0. The monoisotopic (exact) mass is 623 g/mol. The van der Waals surface area contributed by atoms with Crippen molar-refractivity contribution in [3.05, 3.63) is 75.9 Å². The first kappa shape index (κ1) is 30.2. The Kier molecular flexibility index (Phi) is 8.45. The molecule has 1 fully saturated rings. The van der Waals surface area contributed by atoms with E-state index < -0.39 is 17.6 Å². The van der Waals surface area contributed by atoms with Crippen LogP contribution in [-0.2, 0) is 28.4 Å². The molecule has 232 valence electrons. The van der Waals surface area contributed by atoms with Gasteiger partial charge in [-0.2, -0.15) is 0 Å². The Labute approximate surface area is 260 Å². The van der Waals surface area contributed by atoms with Gasteiger partial charge < -0.3 is 23.5 Å². The number of aromatic nitrogens is 4. The highest BCUT2D eigenvalue weighted by molar-refractivity contribution is 6.30. The third kappa shape index (κ3) is 5.83. The zero-order chi connectivity index (χ0) is 31.0. The summed E-state index contributed by atoms with van der Waals surface area (Å²) in [6, 6.07) is 12.0. The number of ether oxygens (including phenoxy) is 4. The maximum absolute atomic E-state index is 14.8. The van der Waals surface area contributed by atoms with Gasteiger partial charge in [0.15, 0.2) is 22.8 Å². The molecule has 0 aliphatic carbocycles. The molecule has 0 N–H and O–H groups in total. The lowest BCUT2D eigenvalue weighted by Gasteiger charge is -2.32. The molecular formula is C32H35ClFN5O5. The molecule has 0 radical (unpaired) electrons. The number of carbonyl (C=O) groups is 1. The second kappa shape index (κ2) is 12.3. The maximum Gasteiger partial charge on any atom is 0.358 e. The van der Waals surface area contributed by atoms with E-state index in [1.807, 2.05) is 23.6 Å². The zero-order valence-electron chi connectivity index (χ0n) is 25.2. The van der Waals surface area contributed by atoms with Crippen LogP contribution in [0.25, 0.3) is 11.2 Å². The van der Waals surface area contributed by atoms with E-state index >= 15 is 0 Å². The highest BCUT2D eigenvalue weighted by Gasteiger charge is 2.43. The van der Waals surface area contributed by atoms with E-state index in [1.54, 1.807) is 39.2 Å². The van der Waals surface area contributed by atoms with Crippen molar-refractivity contribution >= 4 is 28.7 Å². The van der Waals surface area contributed by atoms with E-state index in [9.17, 15) is 9.18 Å². The number of esters is 1. The van der Waals surface area contributed by atoms with Crippen LogP contribution in [0, 0.1) is 5.82 Å². The first-order valence-electron chi connectivity index (χ1n) is 14.8. The number of benzene rings is 2. The number of carbonyl (C=O) groups excluding carboxylic acids is 1. The summed E-state index contributed by atoms with van der Waals surface area (Å²) in [7, 11) is 1.67. The Hall–Kier alpha value is -3.80. The number of methoxy groups -OCH3 is 1. The quantitative estimate of drug-likeness (QED) is 0.212. The molecule has 2 aliphatic heterocycles. The van der Waals surface area contributed by atoms with E-state index in [0.717, 1.165) is 37.3 Å². The van der Waals surface area contributed by atoms with Crippen LogP contribution < -0.4 is 9.47 Å². The molecule has 0 spiro atoms. The first-order chi connectivity index (χ1) is 21.2. The number of piperidine rings is 1. The summed E-state index contributed by atoms with van der Waals surface area (Å²) < 4.78 is 40.0. The Morgan fingerprint density at radius 3 is 2.70 bits per heavy atom. The maximum atomic E-state index is 14.8. The molecule has 10 nitrogen and oxygen atoms in total. The predicted octanol–water partition coefficient (Wildman–Crippen LogP) is 5.85. The highest BCUT2D eigenvalue weighted by Crippen LogP contribution is 2.49. The third-order valence-corrected chi connectivity index (χ3v) is 8.56. The van der Waals surface area contributed by atoms with Gasteiger partial charge in [-0.05, 0) is 70.0 Å². The van der Waals surface area contributed by atoms with Gasteiger partial charge in [0.25, 0.3) is 5.79 Å². The molecule has 2 aliphatic rings. The van der Waals surface area contributed by atoms with Crippen LogP contribution in [-0.4, -0.2) is 63.5 Å².